The molecule has 2 heterocycles. The molecule has 0 aliphatic carbocycles. The molecule has 4 aromatic rings. The van der Waals surface area contributed by atoms with Gasteiger partial charge in [0.1, 0.15) is 17.8 Å². The first-order valence-corrected chi connectivity index (χ1v) is 10.5. The lowest BCUT2D eigenvalue weighted by Gasteiger charge is -2.34. The van der Waals surface area contributed by atoms with Gasteiger partial charge in [-0.25, -0.2) is 4.98 Å². The number of aliphatic hydroxyl groups is 1. The summed E-state index contributed by atoms with van der Waals surface area (Å²) in [5, 5.41) is 20.5. The van der Waals surface area contributed by atoms with E-state index in [1.54, 1.807) is 18.2 Å². The van der Waals surface area contributed by atoms with Crippen molar-refractivity contribution in [2.24, 2.45) is 0 Å². The highest BCUT2D eigenvalue weighted by molar-refractivity contribution is 9.10. The summed E-state index contributed by atoms with van der Waals surface area (Å²) in [7, 11) is 0. The van der Waals surface area contributed by atoms with Crippen molar-refractivity contribution in [2.75, 3.05) is 0 Å². The maximum Gasteiger partial charge on any atom is 0.137 e. The Morgan fingerprint density at radius 1 is 1.10 bits per heavy atom. The van der Waals surface area contributed by atoms with Crippen molar-refractivity contribution in [2.45, 2.75) is 24.9 Å². The van der Waals surface area contributed by atoms with Crippen LogP contribution >= 0.6 is 63.9 Å². The molecule has 2 aromatic heterocycles. The molecule has 164 valence electrons. The van der Waals surface area contributed by atoms with Crippen LogP contribution in [0.2, 0.25) is 10.0 Å². The van der Waals surface area contributed by atoms with Crippen molar-refractivity contribution < 1.29 is 5.11 Å². The number of rotatable bonds is 5. The highest BCUT2D eigenvalue weighted by atomic mass is 79.9. The molecular formula is C21H19BrCl4N4O. The number of hydrogen-bond acceptors (Lipinski definition) is 4. The first-order valence-electron chi connectivity index (χ1n) is 8.95. The Morgan fingerprint density at radius 2 is 1.87 bits per heavy atom. The fraction of sp³-hybridized carbons (Fsp3) is 0.190. The van der Waals surface area contributed by atoms with Gasteiger partial charge in [0.05, 0.1) is 5.52 Å². The number of fused-ring (bicyclic) bond motifs is 1. The Hall–Kier alpha value is -1.41. The SMILES string of the molecule is CC(c1ccc2cc(Br)ccc2n1)C(O)(Cc1ncn[nH]1)c1ccc(Cl)cc1Cl.Cl.Cl. The summed E-state index contributed by atoms with van der Waals surface area (Å²) in [6, 6.07) is 14.9. The zero-order valence-electron chi connectivity index (χ0n) is 16.2. The molecule has 0 saturated carbocycles. The third-order valence-electron chi connectivity index (χ3n) is 5.13. The molecule has 0 aliphatic heterocycles. The average molecular weight is 565 g/mol. The van der Waals surface area contributed by atoms with Crippen LogP contribution in [-0.2, 0) is 12.0 Å². The number of halogens is 5. The standard InChI is InChI=1S/C21H17BrCl2N4O.2ClH/c1-12(18-6-2-13-8-14(22)3-7-19(13)27-18)21(29,10-20-25-11-26-28-20)16-5-4-15(23)9-17(16)24;;/h2-9,11-12,29H,10H2,1H3,(H,25,26,28);2*1H. The van der Waals surface area contributed by atoms with Crippen LogP contribution in [0.25, 0.3) is 10.9 Å². The normalized spacial score (nSPS) is 13.7. The lowest BCUT2D eigenvalue weighted by Crippen LogP contribution is -2.36. The smallest absolute Gasteiger partial charge is 0.137 e. The third kappa shape index (κ3) is 5.33. The highest BCUT2D eigenvalue weighted by Gasteiger charge is 2.40. The van der Waals surface area contributed by atoms with Crippen molar-refractivity contribution in [3.05, 3.63) is 86.5 Å². The highest BCUT2D eigenvalue weighted by Crippen LogP contribution is 2.42. The predicted molar refractivity (Wildman–Crippen MR) is 133 cm³/mol. The van der Waals surface area contributed by atoms with Crippen LogP contribution in [0.1, 0.15) is 29.9 Å². The second kappa shape index (κ2) is 10.5. The Labute approximate surface area is 210 Å². The molecule has 2 atom stereocenters. The second-order valence-corrected chi connectivity index (χ2v) is 8.71. The Bertz CT molecular complexity index is 1180. The topological polar surface area (TPSA) is 74.7 Å². The van der Waals surface area contributed by atoms with E-state index in [0.29, 0.717) is 21.4 Å². The van der Waals surface area contributed by atoms with Crippen LogP contribution in [-0.4, -0.2) is 25.3 Å². The number of aromatic amines is 1. The molecule has 2 unspecified atom stereocenters. The van der Waals surface area contributed by atoms with Gasteiger partial charge >= 0.3 is 0 Å². The van der Waals surface area contributed by atoms with E-state index in [-0.39, 0.29) is 37.2 Å². The molecule has 0 fully saturated rings. The zero-order chi connectivity index (χ0) is 20.6. The minimum absolute atomic E-state index is 0. The third-order valence-corrected chi connectivity index (χ3v) is 6.17. The Balaban J connectivity index is 0.00000171. The Kier molecular flexibility index (Phi) is 8.73. The van der Waals surface area contributed by atoms with Gasteiger partial charge in [-0.05, 0) is 36.4 Å². The van der Waals surface area contributed by atoms with E-state index in [2.05, 4.69) is 31.1 Å². The van der Waals surface area contributed by atoms with Gasteiger partial charge in [-0.1, -0.05) is 58.2 Å². The minimum Gasteiger partial charge on any atom is -0.384 e. The summed E-state index contributed by atoms with van der Waals surface area (Å²) >= 11 is 16.0. The largest absolute Gasteiger partial charge is 0.384 e. The van der Waals surface area contributed by atoms with Gasteiger partial charge in [-0.15, -0.1) is 24.8 Å². The lowest BCUT2D eigenvalue weighted by atomic mass is 9.77. The van der Waals surface area contributed by atoms with E-state index in [0.717, 1.165) is 21.1 Å². The van der Waals surface area contributed by atoms with Gasteiger partial charge in [0.2, 0.25) is 0 Å². The van der Waals surface area contributed by atoms with Gasteiger partial charge in [0, 0.05) is 43.5 Å². The summed E-state index contributed by atoms with van der Waals surface area (Å²) in [5.41, 5.74) is 0.775. The van der Waals surface area contributed by atoms with Crippen molar-refractivity contribution in [1.82, 2.24) is 20.2 Å². The second-order valence-electron chi connectivity index (χ2n) is 6.95. The summed E-state index contributed by atoms with van der Waals surface area (Å²) in [4.78, 5) is 8.98. The first kappa shape index (κ1) is 25.8. The lowest BCUT2D eigenvalue weighted by molar-refractivity contribution is 0.00980. The molecule has 0 saturated heterocycles. The predicted octanol–water partition coefficient (Wildman–Crippen LogP) is 6.50. The van der Waals surface area contributed by atoms with E-state index >= 15 is 0 Å². The molecule has 10 heteroatoms. The average Bonchev–Trinajstić information content (AvgIpc) is 3.19. The van der Waals surface area contributed by atoms with Gasteiger partial charge in [0.15, 0.2) is 0 Å². The maximum absolute atomic E-state index is 11.9. The van der Waals surface area contributed by atoms with Gasteiger partial charge < -0.3 is 5.11 Å². The number of aromatic nitrogens is 4. The first-order chi connectivity index (χ1) is 13.9. The number of pyridine rings is 1. The number of benzene rings is 2. The molecule has 0 amide bonds. The maximum atomic E-state index is 11.9. The molecule has 5 nitrogen and oxygen atoms in total. The number of hydrogen-bond donors (Lipinski definition) is 2. The van der Waals surface area contributed by atoms with Gasteiger partial charge in [-0.3, -0.25) is 10.1 Å². The quantitative estimate of drug-likeness (QED) is 0.290. The number of nitrogens with one attached hydrogen (secondary N) is 1. The monoisotopic (exact) mass is 562 g/mol. The minimum atomic E-state index is -1.38. The molecule has 0 aliphatic rings. The summed E-state index contributed by atoms with van der Waals surface area (Å²) in [5.74, 6) is 0.161. The summed E-state index contributed by atoms with van der Waals surface area (Å²) < 4.78 is 0.988. The van der Waals surface area contributed by atoms with Crippen LogP contribution < -0.4 is 0 Å². The van der Waals surface area contributed by atoms with E-state index in [1.807, 2.05) is 37.3 Å². The molecular weight excluding hydrogens is 546 g/mol. The van der Waals surface area contributed by atoms with E-state index in [1.165, 1.54) is 6.33 Å². The van der Waals surface area contributed by atoms with E-state index in [4.69, 9.17) is 28.2 Å². The van der Waals surface area contributed by atoms with E-state index in [9.17, 15) is 5.11 Å². The zero-order valence-corrected chi connectivity index (χ0v) is 21.0. The Morgan fingerprint density at radius 3 is 2.55 bits per heavy atom. The van der Waals surface area contributed by atoms with Crippen LogP contribution in [0, 0.1) is 0 Å². The molecule has 0 radical (unpaired) electrons. The van der Waals surface area contributed by atoms with Crippen molar-refractivity contribution >= 4 is 74.8 Å². The molecule has 2 aromatic carbocycles. The molecule has 4 rings (SSSR count). The van der Waals surface area contributed by atoms with Crippen molar-refractivity contribution in [3.63, 3.8) is 0 Å². The molecule has 2 N–H and O–H groups in total. The molecule has 0 spiro atoms. The molecule has 0 bridgehead atoms. The molecule has 31 heavy (non-hydrogen) atoms. The van der Waals surface area contributed by atoms with Gasteiger partial charge in [-0.2, -0.15) is 5.10 Å². The van der Waals surface area contributed by atoms with Crippen molar-refractivity contribution in [3.8, 4) is 0 Å². The van der Waals surface area contributed by atoms with Crippen LogP contribution in [0.5, 0.6) is 0 Å². The van der Waals surface area contributed by atoms with Crippen LogP contribution in [0.4, 0.5) is 0 Å². The van der Waals surface area contributed by atoms with Crippen LogP contribution in [0.15, 0.2) is 59.3 Å². The van der Waals surface area contributed by atoms with Gasteiger partial charge in [0.25, 0.3) is 0 Å². The fourth-order valence-corrected chi connectivity index (χ4v) is 4.44. The van der Waals surface area contributed by atoms with E-state index < -0.39 is 5.60 Å². The summed E-state index contributed by atoms with van der Waals surface area (Å²) in [6.45, 7) is 1.92. The van der Waals surface area contributed by atoms with Crippen LogP contribution in [0.3, 0.4) is 0 Å². The fourth-order valence-electron chi connectivity index (χ4n) is 3.49. The van der Waals surface area contributed by atoms with Crippen molar-refractivity contribution in [1.29, 1.82) is 0 Å². The number of nitrogens with zero attached hydrogens (tertiary/aromatic N) is 3. The summed E-state index contributed by atoms with van der Waals surface area (Å²) in [6.07, 6.45) is 1.60. The number of H-pyrrole nitrogens is 1.